The summed E-state index contributed by atoms with van der Waals surface area (Å²) in [5, 5.41) is 0. The largest absolute Gasteiger partial charge is 0.435 e. The van der Waals surface area contributed by atoms with Gasteiger partial charge in [-0.15, -0.1) is 0 Å². The van der Waals surface area contributed by atoms with Crippen molar-refractivity contribution < 1.29 is 13.5 Å². The van der Waals surface area contributed by atoms with Gasteiger partial charge in [-0.05, 0) is 29.7 Å². The molecule has 0 aliphatic rings. The summed E-state index contributed by atoms with van der Waals surface area (Å²) in [5.41, 5.74) is 6.80. The molecule has 0 aliphatic heterocycles. The Balaban J connectivity index is 3.02. The zero-order valence-corrected chi connectivity index (χ0v) is 8.13. The Bertz CT molecular complexity index is 313. The summed E-state index contributed by atoms with van der Waals surface area (Å²) in [4.78, 5) is 0. The van der Waals surface area contributed by atoms with Gasteiger partial charge < -0.3 is 10.5 Å². The van der Waals surface area contributed by atoms with E-state index in [1.807, 2.05) is 13.8 Å². The van der Waals surface area contributed by atoms with Crippen LogP contribution in [0.25, 0.3) is 0 Å². The number of nitrogen functional groups attached to an aromatic ring is 1. The van der Waals surface area contributed by atoms with Gasteiger partial charge in [0.15, 0.2) is 0 Å². The van der Waals surface area contributed by atoms with E-state index in [-0.39, 0.29) is 11.7 Å². The van der Waals surface area contributed by atoms with Gasteiger partial charge in [-0.2, -0.15) is 8.78 Å². The SMILES string of the molecule is CC(C)c1cc(N)ccc1OC(F)F. The van der Waals surface area contributed by atoms with Crippen LogP contribution in [0.2, 0.25) is 0 Å². The van der Waals surface area contributed by atoms with Gasteiger partial charge in [0, 0.05) is 5.69 Å². The molecule has 0 fully saturated rings. The third kappa shape index (κ3) is 2.58. The van der Waals surface area contributed by atoms with E-state index in [2.05, 4.69) is 4.74 Å². The molecule has 78 valence electrons. The highest BCUT2D eigenvalue weighted by Gasteiger charge is 2.12. The second-order valence-corrected chi connectivity index (χ2v) is 3.33. The van der Waals surface area contributed by atoms with E-state index < -0.39 is 6.61 Å². The Morgan fingerprint density at radius 2 is 1.93 bits per heavy atom. The van der Waals surface area contributed by atoms with E-state index in [4.69, 9.17) is 5.73 Å². The molecule has 0 unspecified atom stereocenters. The molecule has 0 aromatic heterocycles. The number of benzene rings is 1. The van der Waals surface area contributed by atoms with Crippen molar-refractivity contribution in [1.29, 1.82) is 0 Å². The molecule has 0 amide bonds. The lowest BCUT2D eigenvalue weighted by Crippen LogP contribution is -2.05. The standard InChI is InChI=1S/C10H13F2NO/c1-6(2)8-5-7(13)3-4-9(8)14-10(11)12/h3-6,10H,13H2,1-2H3. The van der Waals surface area contributed by atoms with Crippen molar-refractivity contribution in [1.82, 2.24) is 0 Å². The van der Waals surface area contributed by atoms with Crippen LogP contribution >= 0.6 is 0 Å². The summed E-state index contributed by atoms with van der Waals surface area (Å²) in [6.07, 6.45) is 0. The van der Waals surface area contributed by atoms with Crippen molar-refractivity contribution in [3.05, 3.63) is 23.8 Å². The van der Waals surface area contributed by atoms with Gasteiger partial charge in [0.2, 0.25) is 0 Å². The first-order valence-corrected chi connectivity index (χ1v) is 4.35. The molecule has 1 rings (SSSR count). The Kier molecular flexibility index (Phi) is 3.28. The molecule has 0 saturated heterocycles. The molecular weight excluding hydrogens is 188 g/mol. The van der Waals surface area contributed by atoms with Crippen molar-refractivity contribution in [2.24, 2.45) is 0 Å². The number of hydrogen-bond acceptors (Lipinski definition) is 2. The van der Waals surface area contributed by atoms with Gasteiger partial charge in [0.1, 0.15) is 5.75 Å². The van der Waals surface area contributed by atoms with Crippen molar-refractivity contribution >= 4 is 5.69 Å². The van der Waals surface area contributed by atoms with E-state index >= 15 is 0 Å². The summed E-state index contributed by atoms with van der Waals surface area (Å²) < 4.78 is 28.4. The number of alkyl halides is 2. The first-order valence-electron chi connectivity index (χ1n) is 4.35. The lowest BCUT2D eigenvalue weighted by Gasteiger charge is -2.13. The fraction of sp³-hybridized carbons (Fsp3) is 0.400. The number of ether oxygens (including phenoxy) is 1. The fourth-order valence-electron chi connectivity index (χ4n) is 1.22. The van der Waals surface area contributed by atoms with Crippen molar-refractivity contribution in [2.75, 3.05) is 5.73 Å². The fourth-order valence-corrected chi connectivity index (χ4v) is 1.22. The maximum atomic E-state index is 12.0. The maximum Gasteiger partial charge on any atom is 0.387 e. The lowest BCUT2D eigenvalue weighted by atomic mass is 10.0. The third-order valence-electron chi connectivity index (χ3n) is 1.87. The maximum absolute atomic E-state index is 12.0. The Labute approximate surface area is 81.7 Å². The quantitative estimate of drug-likeness (QED) is 0.763. The zero-order chi connectivity index (χ0) is 10.7. The lowest BCUT2D eigenvalue weighted by molar-refractivity contribution is -0.0505. The van der Waals surface area contributed by atoms with E-state index in [0.717, 1.165) is 0 Å². The minimum absolute atomic E-state index is 0.104. The van der Waals surface area contributed by atoms with Gasteiger partial charge in [0.05, 0.1) is 0 Å². The minimum atomic E-state index is -2.80. The highest BCUT2D eigenvalue weighted by molar-refractivity contribution is 5.49. The minimum Gasteiger partial charge on any atom is -0.435 e. The third-order valence-corrected chi connectivity index (χ3v) is 1.87. The monoisotopic (exact) mass is 201 g/mol. The topological polar surface area (TPSA) is 35.2 Å². The Morgan fingerprint density at radius 1 is 1.29 bits per heavy atom. The van der Waals surface area contributed by atoms with Crippen molar-refractivity contribution in [3.8, 4) is 5.75 Å². The summed E-state index contributed by atoms with van der Waals surface area (Å²) >= 11 is 0. The van der Waals surface area contributed by atoms with Gasteiger partial charge >= 0.3 is 6.61 Å². The normalized spacial score (nSPS) is 11.0. The Hall–Kier alpha value is -1.32. The smallest absolute Gasteiger partial charge is 0.387 e. The van der Waals surface area contributed by atoms with Crippen LogP contribution in [0.15, 0.2) is 18.2 Å². The average molecular weight is 201 g/mol. The molecule has 2 N–H and O–H groups in total. The van der Waals surface area contributed by atoms with Crippen LogP contribution in [0.1, 0.15) is 25.3 Å². The van der Waals surface area contributed by atoms with E-state index in [9.17, 15) is 8.78 Å². The van der Waals surface area contributed by atoms with E-state index in [0.29, 0.717) is 11.3 Å². The van der Waals surface area contributed by atoms with Crippen molar-refractivity contribution in [2.45, 2.75) is 26.4 Å². The van der Waals surface area contributed by atoms with E-state index in [1.165, 1.54) is 6.07 Å². The van der Waals surface area contributed by atoms with Crippen molar-refractivity contribution in [3.63, 3.8) is 0 Å². The summed E-state index contributed by atoms with van der Waals surface area (Å²) in [5.74, 6) is 0.302. The molecule has 0 heterocycles. The molecule has 0 aliphatic carbocycles. The van der Waals surface area contributed by atoms with Gasteiger partial charge in [0.25, 0.3) is 0 Å². The van der Waals surface area contributed by atoms with Crippen LogP contribution in [0.4, 0.5) is 14.5 Å². The first kappa shape index (κ1) is 10.8. The highest BCUT2D eigenvalue weighted by Crippen LogP contribution is 2.29. The summed E-state index contributed by atoms with van der Waals surface area (Å²) in [7, 11) is 0. The number of halogens is 2. The molecule has 0 atom stereocenters. The van der Waals surface area contributed by atoms with Crippen LogP contribution in [0.3, 0.4) is 0 Å². The van der Waals surface area contributed by atoms with Gasteiger partial charge in [-0.1, -0.05) is 13.8 Å². The number of nitrogens with two attached hydrogens (primary N) is 1. The van der Waals surface area contributed by atoms with E-state index in [1.54, 1.807) is 12.1 Å². The molecular formula is C10H13F2NO. The molecule has 1 aromatic carbocycles. The molecule has 2 nitrogen and oxygen atoms in total. The van der Waals surface area contributed by atoms with Crippen LogP contribution in [-0.2, 0) is 0 Å². The molecule has 14 heavy (non-hydrogen) atoms. The van der Waals surface area contributed by atoms with Gasteiger partial charge in [-0.3, -0.25) is 0 Å². The number of anilines is 1. The molecule has 0 bridgehead atoms. The molecule has 0 radical (unpaired) electrons. The second-order valence-electron chi connectivity index (χ2n) is 3.33. The Morgan fingerprint density at radius 3 is 2.43 bits per heavy atom. The van der Waals surface area contributed by atoms with Crippen LogP contribution in [-0.4, -0.2) is 6.61 Å². The van der Waals surface area contributed by atoms with Crippen LogP contribution in [0, 0.1) is 0 Å². The summed E-state index contributed by atoms with van der Waals surface area (Å²) in [6.45, 7) is 0.997. The number of hydrogen-bond donors (Lipinski definition) is 1. The molecule has 0 spiro atoms. The van der Waals surface area contributed by atoms with Crippen LogP contribution in [0.5, 0.6) is 5.75 Å². The second kappa shape index (κ2) is 4.26. The first-order chi connectivity index (χ1) is 6.50. The predicted octanol–water partition coefficient (Wildman–Crippen LogP) is 2.99. The summed E-state index contributed by atoms with van der Waals surface area (Å²) in [6, 6.07) is 4.67. The number of rotatable bonds is 3. The molecule has 4 heteroatoms. The highest BCUT2D eigenvalue weighted by atomic mass is 19.3. The van der Waals surface area contributed by atoms with Crippen LogP contribution < -0.4 is 10.5 Å². The molecule has 0 saturated carbocycles. The molecule has 1 aromatic rings. The van der Waals surface area contributed by atoms with Gasteiger partial charge in [-0.25, -0.2) is 0 Å². The average Bonchev–Trinajstić information content (AvgIpc) is 2.07. The zero-order valence-electron chi connectivity index (χ0n) is 8.13. The predicted molar refractivity (Wildman–Crippen MR) is 51.6 cm³/mol.